The summed E-state index contributed by atoms with van der Waals surface area (Å²) in [5, 5.41) is 11.8. The van der Waals surface area contributed by atoms with Crippen LogP contribution in [0.5, 0.6) is 0 Å². The second kappa shape index (κ2) is 5.58. The number of aromatic nitrogens is 3. The molecule has 0 aliphatic heterocycles. The third kappa shape index (κ3) is 2.97. The number of amidine groups is 1. The first-order valence-electron chi connectivity index (χ1n) is 6.59. The maximum atomic E-state index is 7.42. The van der Waals surface area contributed by atoms with Gasteiger partial charge in [-0.1, -0.05) is 30.3 Å². The first-order chi connectivity index (χ1) is 10.2. The lowest BCUT2D eigenvalue weighted by atomic mass is 10.1. The second-order valence-corrected chi connectivity index (χ2v) is 4.76. The Morgan fingerprint density at radius 1 is 1.14 bits per heavy atom. The maximum Gasteiger partial charge on any atom is 0.141 e. The molecule has 0 spiro atoms. The highest BCUT2D eigenvalue weighted by Gasteiger charge is 2.04. The van der Waals surface area contributed by atoms with E-state index in [1.54, 1.807) is 6.20 Å². The quantitative estimate of drug-likeness (QED) is 0.567. The molecule has 5 heteroatoms. The van der Waals surface area contributed by atoms with E-state index in [0.717, 1.165) is 16.7 Å². The van der Waals surface area contributed by atoms with Gasteiger partial charge in [0.1, 0.15) is 11.5 Å². The lowest BCUT2D eigenvalue weighted by Gasteiger charge is -2.03. The zero-order chi connectivity index (χ0) is 14.7. The summed E-state index contributed by atoms with van der Waals surface area (Å²) in [6.07, 6.45) is 5.51. The van der Waals surface area contributed by atoms with Crippen LogP contribution < -0.4 is 5.73 Å². The van der Waals surface area contributed by atoms with Crippen molar-refractivity contribution < 1.29 is 0 Å². The van der Waals surface area contributed by atoms with Gasteiger partial charge in [0.25, 0.3) is 0 Å². The fourth-order valence-electron chi connectivity index (χ4n) is 2.14. The molecule has 104 valence electrons. The Morgan fingerprint density at radius 3 is 2.71 bits per heavy atom. The van der Waals surface area contributed by atoms with Gasteiger partial charge in [-0.2, -0.15) is 5.10 Å². The first kappa shape index (κ1) is 13.1. The molecule has 3 N–H and O–H groups in total. The molecule has 0 radical (unpaired) electrons. The number of hydrogen-bond acceptors (Lipinski definition) is 3. The van der Waals surface area contributed by atoms with Gasteiger partial charge in [-0.15, -0.1) is 0 Å². The van der Waals surface area contributed by atoms with Gasteiger partial charge < -0.3 is 5.73 Å². The molecular weight excluding hydrogens is 262 g/mol. The molecule has 0 saturated carbocycles. The number of nitrogens with zero attached hydrogens (tertiary/aromatic N) is 3. The van der Waals surface area contributed by atoms with Crippen LogP contribution in [-0.2, 0) is 6.54 Å². The lowest BCUT2D eigenvalue weighted by molar-refractivity contribution is 0.686. The minimum absolute atomic E-state index is 0.0257. The number of hydrogen-bond donors (Lipinski definition) is 2. The van der Waals surface area contributed by atoms with E-state index in [9.17, 15) is 0 Å². The Morgan fingerprint density at radius 2 is 1.95 bits per heavy atom. The molecule has 1 aromatic carbocycles. The lowest BCUT2D eigenvalue weighted by Crippen LogP contribution is -2.13. The third-order valence-corrected chi connectivity index (χ3v) is 3.19. The fourth-order valence-corrected chi connectivity index (χ4v) is 2.14. The van der Waals surface area contributed by atoms with Gasteiger partial charge in [0.05, 0.1) is 12.7 Å². The van der Waals surface area contributed by atoms with E-state index in [4.69, 9.17) is 11.1 Å². The van der Waals surface area contributed by atoms with Gasteiger partial charge in [0, 0.05) is 18.0 Å². The average Bonchev–Trinajstić information content (AvgIpc) is 2.97. The van der Waals surface area contributed by atoms with Crippen molar-refractivity contribution in [1.82, 2.24) is 14.8 Å². The summed E-state index contributed by atoms with van der Waals surface area (Å²) in [5.41, 5.74) is 9.18. The zero-order valence-electron chi connectivity index (χ0n) is 11.4. The predicted molar refractivity (Wildman–Crippen MR) is 82.0 cm³/mol. The Labute approximate surface area is 122 Å². The number of benzene rings is 1. The van der Waals surface area contributed by atoms with Gasteiger partial charge in [-0.3, -0.25) is 15.1 Å². The van der Waals surface area contributed by atoms with Crippen LogP contribution in [0.1, 0.15) is 11.3 Å². The van der Waals surface area contributed by atoms with Crippen molar-refractivity contribution in [3.05, 3.63) is 72.3 Å². The maximum absolute atomic E-state index is 7.42. The molecule has 0 amide bonds. The predicted octanol–water partition coefficient (Wildman–Crippen LogP) is 2.28. The van der Waals surface area contributed by atoms with Gasteiger partial charge in [0.2, 0.25) is 0 Å². The normalized spacial score (nSPS) is 10.5. The van der Waals surface area contributed by atoms with Gasteiger partial charge in [-0.25, -0.2) is 0 Å². The smallest absolute Gasteiger partial charge is 0.141 e. The number of nitrogen functional groups attached to an aromatic ring is 1. The fraction of sp³-hybridized carbons (Fsp3) is 0.0625. The summed E-state index contributed by atoms with van der Waals surface area (Å²) in [6, 6.07) is 13.8. The molecule has 3 aromatic rings. The number of nitrogens with one attached hydrogen (secondary N) is 1. The standard InChI is InChI=1S/C16H15N5/c17-16(18)15-8-12(6-7-19-15)10-21-11-14(9-20-21)13-4-2-1-3-5-13/h1-9,11H,10H2,(H3,17,18). The zero-order valence-corrected chi connectivity index (χ0v) is 11.4. The molecule has 2 heterocycles. The van der Waals surface area contributed by atoms with E-state index in [0.29, 0.717) is 12.2 Å². The minimum Gasteiger partial charge on any atom is -0.382 e. The molecule has 0 bridgehead atoms. The molecule has 0 fully saturated rings. The second-order valence-electron chi connectivity index (χ2n) is 4.76. The molecular formula is C16H15N5. The van der Waals surface area contributed by atoms with Gasteiger partial charge in [-0.05, 0) is 23.3 Å². The van der Waals surface area contributed by atoms with Crippen molar-refractivity contribution in [1.29, 1.82) is 5.41 Å². The molecule has 0 saturated heterocycles. The van der Waals surface area contributed by atoms with Gasteiger partial charge in [0.15, 0.2) is 0 Å². The molecule has 0 aliphatic rings. The van der Waals surface area contributed by atoms with E-state index in [2.05, 4.69) is 22.2 Å². The van der Waals surface area contributed by atoms with E-state index >= 15 is 0 Å². The highest BCUT2D eigenvalue weighted by molar-refractivity contribution is 5.93. The third-order valence-electron chi connectivity index (χ3n) is 3.19. The molecule has 0 unspecified atom stereocenters. The Balaban J connectivity index is 1.82. The average molecular weight is 277 g/mol. The molecule has 21 heavy (non-hydrogen) atoms. The Bertz CT molecular complexity index is 761. The van der Waals surface area contributed by atoms with Gasteiger partial charge >= 0.3 is 0 Å². The number of pyridine rings is 1. The molecule has 3 rings (SSSR count). The first-order valence-corrected chi connectivity index (χ1v) is 6.59. The monoisotopic (exact) mass is 277 g/mol. The number of nitrogens with two attached hydrogens (primary N) is 1. The van der Waals surface area contributed by atoms with E-state index in [-0.39, 0.29) is 5.84 Å². The van der Waals surface area contributed by atoms with Crippen molar-refractivity contribution in [2.45, 2.75) is 6.54 Å². The minimum atomic E-state index is -0.0257. The molecule has 0 atom stereocenters. The summed E-state index contributed by atoms with van der Waals surface area (Å²) in [7, 11) is 0. The van der Waals surface area contributed by atoms with Crippen molar-refractivity contribution in [3.63, 3.8) is 0 Å². The topological polar surface area (TPSA) is 80.6 Å². The van der Waals surface area contributed by atoms with E-state index < -0.39 is 0 Å². The van der Waals surface area contributed by atoms with E-state index in [1.165, 1.54) is 0 Å². The Hall–Kier alpha value is -2.95. The highest BCUT2D eigenvalue weighted by Crippen LogP contribution is 2.18. The molecule has 2 aromatic heterocycles. The summed E-state index contributed by atoms with van der Waals surface area (Å²) in [4.78, 5) is 4.05. The van der Waals surface area contributed by atoms with Crippen LogP contribution in [0.25, 0.3) is 11.1 Å². The molecule has 0 aliphatic carbocycles. The van der Waals surface area contributed by atoms with E-state index in [1.807, 2.05) is 47.4 Å². The van der Waals surface area contributed by atoms with Crippen LogP contribution >= 0.6 is 0 Å². The largest absolute Gasteiger partial charge is 0.382 e. The van der Waals surface area contributed by atoms with Crippen molar-refractivity contribution >= 4 is 5.84 Å². The Kier molecular flexibility index (Phi) is 3.47. The summed E-state index contributed by atoms with van der Waals surface area (Å²) < 4.78 is 1.86. The van der Waals surface area contributed by atoms with Crippen LogP contribution in [0.15, 0.2) is 61.1 Å². The SMILES string of the molecule is N=C(N)c1cc(Cn2cc(-c3ccccc3)cn2)ccn1. The van der Waals surface area contributed by atoms with Crippen LogP contribution in [-0.4, -0.2) is 20.6 Å². The highest BCUT2D eigenvalue weighted by atomic mass is 15.3. The summed E-state index contributed by atoms with van der Waals surface area (Å²) in [5.74, 6) is -0.0257. The summed E-state index contributed by atoms with van der Waals surface area (Å²) in [6.45, 7) is 0.621. The van der Waals surface area contributed by atoms with Crippen molar-refractivity contribution in [3.8, 4) is 11.1 Å². The van der Waals surface area contributed by atoms with Crippen molar-refractivity contribution in [2.75, 3.05) is 0 Å². The summed E-state index contributed by atoms with van der Waals surface area (Å²) >= 11 is 0. The van der Waals surface area contributed by atoms with Crippen LogP contribution in [0.4, 0.5) is 0 Å². The van der Waals surface area contributed by atoms with Crippen LogP contribution in [0.3, 0.4) is 0 Å². The van der Waals surface area contributed by atoms with Crippen molar-refractivity contribution in [2.24, 2.45) is 5.73 Å². The number of rotatable bonds is 4. The van der Waals surface area contributed by atoms with Crippen LogP contribution in [0.2, 0.25) is 0 Å². The molecule has 5 nitrogen and oxygen atoms in total. The van der Waals surface area contributed by atoms with Crippen LogP contribution in [0, 0.1) is 5.41 Å².